The molecule has 0 aliphatic carbocycles. The molecular weight excluding hydrogens is 270 g/mol. The lowest BCUT2D eigenvalue weighted by Crippen LogP contribution is -2.47. The van der Waals surface area contributed by atoms with Crippen LogP contribution in [0.25, 0.3) is 0 Å². The van der Waals surface area contributed by atoms with E-state index >= 15 is 0 Å². The first-order chi connectivity index (χ1) is 9.67. The highest BCUT2D eigenvalue weighted by Crippen LogP contribution is 2.18. The maximum atomic E-state index is 12.0. The normalized spacial score (nSPS) is 12.4. The Morgan fingerprint density at radius 2 is 2.00 bits per heavy atom. The van der Waals surface area contributed by atoms with Crippen molar-refractivity contribution in [1.29, 1.82) is 0 Å². The zero-order valence-electron chi connectivity index (χ0n) is 12.9. The summed E-state index contributed by atoms with van der Waals surface area (Å²) in [4.78, 5) is 22.7. The molecule has 4 N–H and O–H groups in total. The van der Waals surface area contributed by atoms with Crippen molar-refractivity contribution >= 4 is 17.5 Å². The van der Waals surface area contributed by atoms with Gasteiger partial charge in [-0.25, -0.2) is 0 Å². The molecule has 1 aromatic rings. The van der Waals surface area contributed by atoms with Crippen LogP contribution in [0, 0.1) is 0 Å². The maximum absolute atomic E-state index is 12.0. The summed E-state index contributed by atoms with van der Waals surface area (Å²) < 4.78 is 5.22. The summed E-state index contributed by atoms with van der Waals surface area (Å²) in [5.41, 5.74) is 5.48. The van der Waals surface area contributed by atoms with E-state index in [1.165, 1.54) is 0 Å². The Hall–Kier alpha value is -2.24. The first-order valence-corrected chi connectivity index (χ1v) is 6.77. The van der Waals surface area contributed by atoms with Gasteiger partial charge in [-0.1, -0.05) is 6.07 Å². The van der Waals surface area contributed by atoms with Crippen molar-refractivity contribution in [1.82, 2.24) is 5.32 Å². The number of anilines is 1. The number of carbonyl (C=O) groups is 2. The van der Waals surface area contributed by atoms with Gasteiger partial charge in [0.05, 0.1) is 0 Å². The molecule has 0 bridgehead atoms. The highest BCUT2D eigenvalue weighted by molar-refractivity contribution is 5.84. The molecule has 0 saturated heterocycles. The van der Waals surface area contributed by atoms with Gasteiger partial charge in [0.1, 0.15) is 11.8 Å². The molecule has 2 amide bonds. The average Bonchev–Trinajstić information content (AvgIpc) is 2.34. The first kappa shape index (κ1) is 16.8. The van der Waals surface area contributed by atoms with E-state index < -0.39 is 11.9 Å². The fraction of sp³-hybridized carbons (Fsp3) is 0.467. The fourth-order valence-corrected chi connectivity index (χ4v) is 1.62. The SMILES string of the molecule is C[C@@H](Nc1cccc(OCC(N)=O)c1)C(=O)NC(C)(C)C. The number of nitrogens with one attached hydrogen (secondary N) is 2. The molecule has 0 fully saturated rings. The summed E-state index contributed by atoms with van der Waals surface area (Å²) in [6.07, 6.45) is 0. The van der Waals surface area contributed by atoms with Crippen LogP contribution in [0.4, 0.5) is 5.69 Å². The molecule has 1 aromatic carbocycles. The predicted molar refractivity (Wildman–Crippen MR) is 82.1 cm³/mol. The van der Waals surface area contributed by atoms with Gasteiger partial charge in [-0.15, -0.1) is 0 Å². The van der Waals surface area contributed by atoms with Gasteiger partial charge in [0.15, 0.2) is 6.61 Å². The molecule has 0 heterocycles. The van der Waals surface area contributed by atoms with Crippen LogP contribution in [0.1, 0.15) is 27.7 Å². The Labute approximate surface area is 125 Å². The van der Waals surface area contributed by atoms with Gasteiger partial charge in [0, 0.05) is 17.3 Å². The molecule has 0 radical (unpaired) electrons. The van der Waals surface area contributed by atoms with Crippen molar-refractivity contribution in [3.8, 4) is 5.75 Å². The van der Waals surface area contributed by atoms with Gasteiger partial charge in [-0.3, -0.25) is 9.59 Å². The largest absolute Gasteiger partial charge is 0.484 e. The van der Waals surface area contributed by atoms with Crippen LogP contribution in [0.2, 0.25) is 0 Å². The van der Waals surface area contributed by atoms with Crippen molar-refractivity contribution in [2.75, 3.05) is 11.9 Å². The molecule has 116 valence electrons. The summed E-state index contributed by atoms with van der Waals surface area (Å²) in [7, 11) is 0. The lowest BCUT2D eigenvalue weighted by molar-refractivity contribution is -0.123. The molecule has 0 unspecified atom stereocenters. The summed E-state index contributed by atoms with van der Waals surface area (Å²) in [6.45, 7) is 7.38. The first-order valence-electron chi connectivity index (χ1n) is 6.77. The Morgan fingerprint density at radius 1 is 1.33 bits per heavy atom. The smallest absolute Gasteiger partial charge is 0.255 e. The minimum Gasteiger partial charge on any atom is -0.484 e. The molecule has 0 saturated carbocycles. The van der Waals surface area contributed by atoms with E-state index in [1.807, 2.05) is 26.8 Å². The van der Waals surface area contributed by atoms with E-state index in [0.29, 0.717) is 5.75 Å². The molecule has 1 atom stereocenters. The van der Waals surface area contributed by atoms with Crippen molar-refractivity contribution in [2.24, 2.45) is 5.73 Å². The molecule has 0 spiro atoms. The molecule has 0 aromatic heterocycles. The second-order valence-electron chi connectivity index (χ2n) is 5.89. The number of hydrogen-bond acceptors (Lipinski definition) is 4. The molecule has 6 nitrogen and oxygen atoms in total. The van der Waals surface area contributed by atoms with Gasteiger partial charge in [-0.05, 0) is 39.8 Å². The van der Waals surface area contributed by atoms with Crippen molar-refractivity contribution in [3.63, 3.8) is 0 Å². The second kappa shape index (κ2) is 6.97. The highest BCUT2D eigenvalue weighted by atomic mass is 16.5. The number of benzene rings is 1. The predicted octanol–water partition coefficient (Wildman–Crippen LogP) is 1.27. The van der Waals surface area contributed by atoms with E-state index in [2.05, 4.69) is 10.6 Å². The van der Waals surface area contributed by atoms with Crippen LogP contribution in [0.15, 0.2) is 24.3 Å². The van der Waals surface area contributed by atoms with Crippen LogP contribution >= 0.6 is 0 Å². The van der Waals surface area contributed by atoms with Crippen LogP contribution in [0.3, 0.4) is 0 Å². The Kier molecular flexibility index (Phi) is 5.58. The van der Waals surface area contributed by atoms with Gasteiger partial charge >= 0.3 is 0 Å². The van der Waals surface area contributed by atoms with Gasteiger partial charge in [0.25, 0.3) is 5.91 Å². The quantitative estimate of drug-likeness (QED) is 0.736. The summed E-state index contributed by atoms with van der Waals surface area (Å²) in [5, 5.41) is 5.98. The van der Waals surface area contributed by atoms with Crippen molar-refractivity contribution in [2.45, 2.75) is 39.3 Å². The lowest BCUT2D eigenvalue weighted by atomic mass is 10.1. The van der Waals surface area contributed by atoms with Crippen LogP contribution in [0.5, 0.6) is 5.75 Å². The minimum absolute atomic E-state index is 0.0917. The number of rotatable bonds is 6. The molecule has 6 heteroatoms. The lowest BCUT2D eigenvalue weighted by Gasteiger charge is -2.24. The van der Waals surface area contributed by atoms with E-state index in [0.717, 1.165) is 5.69 Å². The number of hydrogen-bond donors (Lipinski definition) is 3. The van der Waals surface area contributed by atoms with Crippen LogP contribution < -0.4 is 21.1 Å². The Balaban J connectivity index is 2.63. The topological polar surface area (TPSA) is 93.4 Å². The van der Waals surface area contributed by atoms with E-state index in [1.54, 1.807) is 25.1 Å². The summed E-state index contributed by atoms with van der Waals surface area (Å²) in [5.74, 6) is -0.112. The number of ether oxygens (including phenoxy) is 1. The number of amides is 2. The van der Waals surface area contributed by atoms with Crippen LogP contribution in [-0.4, -0.2) is 30.0 Å². The second-order valence-corrected chi connectivity index (χ2v) is 5.89. The molecule has 1 rings (SSSR count). The number of nitrogens with two attached hydrogens (primary N) is 1. The van der Waals surface area contributed by atoms with Crippen LogP contribution in [-0.2, 0) is 9.59 Å². The minimum atomic E-state index is -0.536. The number of carbonyl (C=O) groups excluding carboxylic acids is 2. The average molecular weight is 293 g/mol. The zero-order chi connectivity index (χ0) is 16.0. The maximum Gasteiger partial charge on any atom is 0.255 e. The van der Waals surface area contributed by atoms with E-state index in [4.69, 9.17) is 10.5 Å². The van der Waals surface area contributed by atoms with Crippen molar-refractivity contribution < 1.29 is 14.3 Å². The third kappa shape index (κ3) is 6.65. The monoisotopic (exact) mass is 293 g/mol. The van der Waals surface area contributed by atoms with E-state index in [-0.39, 0.29) is 18.1 Å². The zero-order valence-corrected chi connectivity index (χ0v) is 12.9. The molecule has 21 heavy (non-hydrogen) atoms. The fourth-order valence-electron chi connectivity index (χ4n) is 1.62. The standard InChI is InChI=1S/C15H23N3O3/c1-10(14(20)18-15(2,3)4)17-11-6-5-7-12(8-11)21-9-13(16)19/h5-8,10,17H,9H2,1-4H3,(H2,16,19)(H,18,20)/t10-/m1/s1. The third-order valence-corrected chi connectivity index (χ3v) is 2.49. The summed E-state index contributed by atoms with van der Waals surface area (Å²) in [6, 6.07) is 6.62. The van der Waals surface area contributed by atoms with Gasteiger partial charge in [0.2, 0.25) is 5.91 Å². The van der Waals surface area contributed by atoms with Gasteiger partial charge in [-0.2, -0.15) is 0 Å². The Bertz CT molecular complexity index is 509. The summed E-state index contributed by atoms with van der Waals surface area (Å²) >= 11 is 0. The molecule has 0 aliphatic heterocycles. The van der Waals surface area contributed by atoms with Gasteiger partial charge < -0.3 is 21.1 Å². The Morgan fingerprint density at radius 3 is 2.57 bits per heavy atom. The third-order valence-electron chi connectivity index (χ3n) is 2.49. The highest BCUT2D eigenvalue weighted by Gasteiger charge is 2.19. The molecule has 0 aliphatic rings. The van der Waals surface area contributed by atoms with Crippen molar-refractivity contribution in [3.05, 3.63) is 24.3 Å². The molecular formula is C15H23N3O3. The van der Waals surface area contributed by atoms with E-state index in [9.17, 15) is 9.59 Å². The number of primary amides is 1.